The van der Waals surface area contributed by atoms with Gasteiger partial charge in [-0.2, -0.15) is 0 Å². The largest absolute Gasteiger partial charge is 0.324 e. The highest BCUT2D eigenvalue weighted by molar-refractivity contribution is 9.10. The molecule has 1 N–H and O–H groups in total. The Morgan fingerprint density at radius 2 is 1.67 bits per heavy atom. The molecular formula is C19H21BrN2O2. The summed E-state index contributed by atoms with van der Waals surface area (Å²) >= 11 is 3.41. The first-order valence-electron chi connectivity index (χ1n) is 7.70. The average molecular weight is 389 g/mol. The number of hydrogen-bond acceptors (Lipinski definition) is 2. The molecule has 2 aromatic carbocycles. The molecule has 0 aromatic heterocycles. The lowest BCUT2D eigenvalue weighted by atomic mass is 10.1. The molecule has 0 aliphatic rings. The van der Waals surface area contributed by atoms with E-state index in [0.29, 0.717) is 0 Å². The predicted octanol–water partition coefficient (Wildman–Crippen LogP) is 4.37. The van der Waals surface area contributed by atoms with Crippen molar-refractivity contribution in [1.82, 2.24) is 0 Å². The molecule has 126 valence electrons. The molecule has 2 aromatic rings. The molecule has 4 nitrogen and oxygen atoms in total. The highest BCUT2D eigenvalue weighted by atomic mass is 79.9. The summed E-state index contributed by atoms with van der Waals surface area (Å²) < 4.78 is 0.937. The van der Waals surface area contributed by atoms with E-state index in [1.807, 2.05) is 57.2 Å². The number of nitrogens with one attached hydrogen (secondary N) is 1. The molecule has 0 heterocycles. The van der Waals surface area contributed by atoms with Crippen LogP contribution in [0.2, 0.25) is 0 Å². The summed E-state index contributed by atoms with van der Waals surface area (Å²) in [4.78, 5) is 26.0. The van der Waals surface area contributed by atoms with Crippen LogP contribution in [0.15, 0.2) is 40.9 Å². The smallest absolute Gasteiger partial charge is 0.244 e. The van der Waals surface area contributed by atoms with Gasteiger partial charge in [0.25, 0.3) is 0 Å². The van der Waals surface area contributed by atoms with Gasteiger partial charge in [0.15, 0.2) is 0 Å². The summed E-state index contributed by atoms with van der Waals surface area (Å²) in [5.74, 6) is -0.387. The molecule has 24 heavy (non-hydrogen) atoms. The van der Waals surface area contributed by atoms with Gasteiger partial charge in [0.1, 0.15) is 6.54 Å². The van der Waals surface area contributed by atoms with E-state index in [1.54, 1.807) is 0 Å². The average Bonchev–Trinajstić information content (AvgIpc) is 2.49. The Bertz CT molecular complexity index is 767. The van der Waals surface area contributed by atoms with Gasteiger partial charge in [-0.3, -0.25) is 9.59 Å². The van der Waals surface area contributed by atoms with Crippen molar-refractivity contribution in [1.29, 1.82) is 0 Å². The fourth-order valence-electron chi connectivity index (χ4n) is 2.62. The zero-order valence-corrected chi connectivity index (χ0v) is 15.9. The number of nitrogens with zero attached hydrogens (tertiary/aromatic N) is 1. The normalized spacial score (nSPS) is 10.4. The summed E-state index contributed by atoms with van der Waals surface area (Å²) in [6.07, 6.45) is 0. The van der Waals surface area contributed by atoms with Gasteiger partial charge in [-0.05, 0) is 55.7 Å². The third kappa shape index (κ3) is 4.23. The van der Waals surface area contributed by atoms with Crippen LogP contribution >= 0.6 is 15.9 Å². The summed E-state index contributed by atoms with van der Waals surface area (Å²) in [5.41, 5.74) is 4.47. The summed E-state index contributed by atoms with van der Waals surface area (Å²) in [5, 5.41) is 2.92. The van der Waals surface area contributed by atoms with Crippen LogP contribution in [-0.4, -0.2) is 18.4 Å². The molecule has 0 unspecified atom stereocenters. The van der Waals surface area contributed by atoms with Crippen LogP contribution in [0.5, 0.6) is 0 Å². The van der Waals surface area contributed by atoms with Crippen LogP contribution in [-0.2, 0) is 9.59 Å². The Morgan fingerprint density at radius 3 is 2.21 bits per heavy atom. The Balaban J connectivity index is 2.22. The number of aryl methyl sites for hydroxylation is 3. The number of amides is 2. The minimum absolute atomic E-state index is 0.0222. The van der Waals surface area contributed by atoms with E-state index in [4.69, 9.17) is 0 Å². The SMILES string of the molecule is CC(=O)N(CC(=O)Nc1c(C)cccc1C)c1ccc(Br)cc1C. The molecule has 0 bridgehead atoms. The molecule has 2 amide bonds. The highest BCUT2D eigenvalue weighted by Crippen LogP contribution is 2.24. The number of benzene rings is 2. The van der Waals surface area contributed by atoms with Crippen molar-refractivity contribution in [3.8, 4) is 0 Å². The zero-order valence-electron chi connectivity index (χ0n) is 14.3. The second-order valence-corrected chi connectivity index (χ2v) is 6.77. The van der Waals surface area contributed by atoms with Crippen molar-refractivity contribution in [2.75, 3.05) is 16.8 Å². The zero-order chi connectivity index (χ0) is 17.9. The van der Waals surface area contributed by atoms with Crippen molar-refractivity contribution in [3.05, 3.63) is 57.6 Å². The Labute approximate surface area is 151 Å². The maximum Gasteiger partial charge on any atom is 0.244 e. The Hall–Kier alpha value is -2.14. The Kier molecular flexibility index (Phi) is 5.78. The number of halogens is 1. The maximum absolute atomic E-state index is 12.5. The summed E-state index contributed by atoms with van der Waals surface area (Å²) in [7, 11) is 0. The lowest BCUT2D eigenvalue weighted by Crippen LogP contribution is -2.37. The van der Waals surface area contributed by atoms with Gasteiger partial charge >= 0.3 is 0 Å². The molecule has 5 heteroatoms. The van der Waals surface area contributed by atoms with E-state index in [9.17, 15) is 9.59 Å². The number of carbonyl (C=O) groups is 2. The van der Waals surface area contributed by atoms with Gasteiger partial charge in [0, 0.05) is 22.8 Å². The topological polar surface area (TPSA) is 49.4 Å². The van der Waals surface area contributed by atoms with Crippen molar-refractivity contribution < 1.29 is 9.59 Å². The summed E-state index contributed by atoms with van der Waals surface area (Å²) in [6, 6.07) is 11.5. The van der Waals surface area contributed by atoms with Crippen LogP contribution in [0.25, 0.3) is 0 Å². The second kappa shape index (κ2) is 7.62. The number of rotatable bonds is 4. The van der Waals surface area contributed by atoms with Gasteiger partial charge in [-0.25, -0.2) is 0 Å². The highest BCUT2D eigenvalue weighted by Gasteiger charge is 2.18. The first kappa shape index (κ1) is 18.2. The van der Waals surface area contributed by atoms with E-state index in [0.717, 1.165) is 32.5 Å². The van der Waals surface area contributed by atoms with Gasteiger partial charge in [-0.1, -0.05) is 34.1 Å². The van der Waals surface area contributed by atoms with E-state index < -0.39 is 0 Å². The minimum Gasteiger partial charge on any atom is -0.324 e. The quantitative estimate of drug-likeness (QED) is 0.845. The molecule has 0 aliphatic carbocycles. The molecule has 0 saturated carbocycles. The van der Waals surface area contributed by atoms with E-state index in [-0.39, 0.29) is 18.4 Å². The van der Waals surface area contributed by atoms with E-state index in [1.165, 1.54) is 11.8 Å². The first-order chi connectivity index (χ1) is 11.3. The van der Waals surface area contributed by atoms with Gasteiger partial charge in [-0.15, -0.1) is 0 Å². The molecular weight excluding hydrogens is 368 g/mol. The number of carbonyl (C=O) groups excluding carboxylic acids is 2. The molecule has 0 fully saturated rings. The van der Waals surface area contributed by atoms with E-state index in [2.05, 4.69) is 21.2 Å². The molecule has 0 radical (unpaired) electrons. The molecule has 2 rings (SSSR count). The number of anilines is 2. The van der Waals surface area contributed by atoms with Gasteiger partial charge in [0.05, 0.1) is 0 Å². The minimum atomic E-state index is -0.218. The van der Waals surface area contributed by atoms with Crippen LogP contribution in [0.3, 0.4) is 0 Å². The summed E-state index contributed by atoms with van der Waals surface area (Å²) in [6.45, 7) is 7.26. The van der Waals surface area contributed by atoms with Crippen molar-refractivity contribution in [3.63, 3.8) is 0 Å². The lowest BCUT2D eigenvalue weighted by Gasteiger charge is -2.23. The molecule has 0 atom stereocenters. The van der Waals surface area contributed by atoms with Crippen LogP contribution in [0, 0.1) is 20.8 Å². The lowest BCUT2D eigenvalue weighted by molar-refractivity contribution is -0.120. The van der Waals surface area contributed by atoms with Crippen molar-refractivity contribution in [2.24, 2.45) is 0 Å². The van der Waals surface area contributed by atoms with Crippen LogP contribution < -0.4 is 10.2 Å². The molecule has 0 saturated heterocycles. The second-order valence-electron chi connectivity index (χ2n) is 5.85. The number of para-hydroxylation sites is 1. The monoisotopic (exact) mass is 388 g/mol. The Morgan fingerprint density at radius 1 is 1.04 bits per heavy atom. The molecule has 0 spiro atoms. The first-order valence-corrected chi connectivity index (χ1v) is 8.49. The standard InChI is InChI=1S/C19H21BrN2O2/c1-12-6-5-7-13(2)19(12)21-18(24)11-22(15(4)23)17-9-8-16(20)10-14(17)3/h5-10H,11H2,1-4H3,(H,21,24). The van der Waals surface area contributed by atoms with Crippen LogP contribution in [0.4, 0.5) is 11.4 Å². The fraction of sp³-hybridized carbons (Fsp3) is 0.263. The van der Waals surface area contributed by atoms with Crippen LogP contribution in [0.1, 0.15) is 23.6 Å². The maximum atomic E-state index is 12.5. The van der Waals surface area contributed by atoms with Gasteiger partial charge in [0.2, 0.25) is 11.8 Å². The number of hydrogen-bond donors (Lipinski definition) is 1. The molecule has 0 aliphatic heterocycles. The fourth-order valence-corrected chi connectivity index (χ4v) is 3.10. The third-order valence-corrected chi connectivity index (χ3v) is 4.37. The van der Waals surface area contributed by atoms with Crippen molar-refractivity contribution in [2.45, 2.75) is 27.7 Å². The predicted molar refractivity (Wildman–Crippen MR) is 101 cm³/mol. The van der Waals surface area contributed by atoms with E-state index >= 15 is 0 Å². The van der Waals surface area contributed by atoms with Gasteiger partial charge < -0.3 is 10.2 Å². The third-order valence-electron chi connectivity index (χ3n) is 3.88. The van der Waals surface area contributed by atoms with Crippen molar-refractivity contribution >= 4 is 39.1 Å².